The molecule has 2 aliphatic heterocycles. The van der Waals surface area contributed by atoms with Crippen LogP contribution in [-0.4, -0.2) is 85.5 Å². The second kappa shape index (κ2) is 10.6. The molecule has 1 unspecified atom stereocenters. The van der Waals surface area contributed by atoms with Gasteiger partial charge in [-0.25, -0.2) is 9.97 Å². The second-order valence-electron chi connectivity index (χ2n) is 10.2. The normalized spacial score (nSPS) is 30.2. The number of nitrogens with one attached hydrogen (secondary N) is 1. The van der Waals surface area contributed by atoms with E-state index in [1.807, 2.05) is 4.90 Å². The van der Waals surface area contributed by atoms with Crippen molar-refractivity contribution < 1.29 is 27.4 Å². The quantitative estimate of drug-likeness (QED) is 0.645. The zero-order valence-electron chi connectivity index (χ0n) is 20.7. The molecule has 1 saturated carbocycles. The number of alkyl halides is 3. The van der Waals surface area contributed by atoms with Crippen molar-refractivity contribution in [2.75, 3.05) is 51.4 Å². The van der Waals surface area contributed by atoms with Crippen molar-refractivity contribution in [1.82, 2.24) is 20.2 Å². The third-order valence-corrected chi connectivity index (χ3v) is 7.97. The number of piperazine rings is 1. The summed E-state index contributed by atoms with van der Waals surface area (Å²) in [7, 11) is 1.70. The molecule has 0 radical (unpaired) electrons. The predicted octanol–water partition coefficient (Wildman–Crippen LogP) is 2.73. The predicted molar refractivity (Wildman–Crippen MR) is 124 cm³/mol. The van der Waals surface area contributed by atoms with Gasteiger partial charge >= 0.3 is 6.18 Å². The van der Waals surface area contributed by atoms with E-state index in [0.717, 1.165) is 38.1 Å². The smallest absolute Gasteiger partial charge is 0.379 e. The van der Waals surface area contributed by atoms with Crippen LogP contribution >= 0.6 is 0 Å². The molecule has 0 aromatic carbocycles. The van der Waals surface area contributed by atoms with Crippen LogP contribution in [0.25, 0.3) is 0 Å². The molecular formula is C24H36F3N5O3. The number of aromatic nitrogens is 2. The Morgan fingerprint density at radius 1 is 1.23 bits per heavy atom. The molecule has 1 aromatic heterocycles. The lowest BCUT2D eigenvalue weighted by atomic mass is 9.74. The van der Waals surface area contributed by atoms with E-state index in [9.17, 15) is 18.0 Å². The Morgan fingerprint density at radius 3 is 2.63 bits per heavy atom. The van der Waals surface area contributed by atoms with Crippen molar-refractivity contribution in [3.8, 4) is 0 Å². The average molecular weight is 500 g/mol. The van der Waals surface area contributed by atoms with Crippen LogP contribution in [0.1, 0.15) is 45.2 Å². The fourth-order valence-electron chi connectivity index (χ4n) is 5.75. The monoisotopic (exact) mass is 499 g/mol. The van der Waals surface area contributed by atoms with Gasteiger partial charge in [-0.15, -0.1) is 0 Å². The molecule has 0 bridgehead atoms. The lowest BCUT2D eigenvalue weighted by molar-refractivity contribution is -0.145. The summed E-state index contributed by atoms with van der Waals surface area (Å²) >= 11 is 0. The number of amides is 1. The van der Waals surface area contributed by atoms with Gasteiger partial charge in [-0.2, -0.15) is 13.2 Å². The Balaban J connectivity index is 1.38. The van der Waals surface area contributed by atoms with Gasteiger partial charge in [-0.05, 0) is 31.6 Å². The van der Waals surface area contributed by atoms with Crippen molar-refractivity contribution in [3.63, 3.8) is 0 Å². The van der Waals surface area contributed by atoms with Gasteiger partial charge in [-0.1, -0.05) is 13.8 Å². The van der Waals surface area contributed by atoms with Crippen molar-refractivity contribution in [3.05, 3.63) is 18.1 Å². The molecule has 196 valence electrons. The van der Waals surface area contributed by atoms with E-state index in [1.165, 1.54) is 0 Å². The molecule has 2 saturated heterocycles. The van der Waals surface area contributed by atoms with Crippen LogP contribution in [-0.2, 0) is 20.4 Å². The van der Waals surface area contributed by atoms with Crippen LogP contribution in [0.3, 0.4) is 0 Å². The maximum atomic E-state index is 13.8. The maximum Gasteiger partial charge on any atom is 0.433 e. The molecule has 1 amide bonds. The second-order valence-corrected chi connectivity index (χ2v) is 10.2. The molecule has 1 N–H and O–H groups in total. The lowest BCUT2D eigenvalue weighted by Gasteiger charge is -2.42. The van der Waals surface area contributed by atoms with E-state index in [1.54, 1.807) is 12.0 Å². The Morgan fingerprint density at radius 2 is 1.97 bits per heavy atom. The number of nitrogens with zero attached hydrogens (tertiary/aromatic N) is 4. The molecule has 1 aromatic rings. The Bertz CT molecular complexity index is 878. The molecule has 8 nitrogen and oxygen atoms in total. The number of rotatable bonds is 6. The van der Waals surface area contributed by atoms with Gasteiger partial charge in [0.15, 0.2) is 0 Å². The van der Waals surface area contributed by atoms with Gasteiger partial charge in [0.05, 0.1) is 18.1 Å². The standard InChI is InChI=1S/C24H36F3N5O3/c1-16(2)23(6-4-17(13-23)30-18-5-11-35-14-19(18)34-3)22(33)32-9-7-31(8-10-32)21-12-20(24(25,26)27)28-15-29-21/h12,15-19,30H,4-11,13-14H2,1-3H3/t17-,18?,19-,23+/m1/s1. The first-order valence-electron chi connectivity index (χ1n) is 12.4. The highest BCUT2D eigenvalue weighted by atomic mass is 19.4. The highest BCUT2D eigenvalue weighted by Crippen LogP contribution is 2.46. The van der Waals surface area contributed by atoms with E-state index in [2.05, 4.69) is 29.1 Å². The number of hydrogen-bond donors (Lipinski definition) is 1. The molecule has 3 heterocycles. The van der Waals surface area contributed by atoms with Crippen LogP contribution in [0.4, 0.5) is 19.0 Å². The number of halogens is 3. The first-order chi connectivity index (χ1) is 16.6. The zero-order valence-corrected chi connectivity index (χ0v) is 20.7. The van der Waals surface area contributed by atoms with Gasteiger partial charge in [-0.3, -0.25) is 4.79 Å². The Kier molecular flexibility index (Phi) is 7.87. The van der Waals surface area contributed by atoms with Crippen molar-refractivity contribution in [1.29, 1.82) is 0 Å². The van der Waals surface area contributed by atoms with Crippen molar-refractivity contribution in [2.45, 2.75) is 63.9 Å². The fourth-order valence-corrected chi connectivity index (χ4v) is 5.75. The first kappa shape index (κ1) is 26.1. The highest BCUT2D eigenvalue weighted by molar-refractivity contribution is 5.83. The summed E-state index contributed by atoms with van der Waals surface area (Å²) in [5, 5.41) is 3.74. The van der Waals surface area contributed by atoms with Crippen LogP contribution in [0.5, 0.6) is 0 Å². The molecule has 3 fully saturated rings. The number of methoxy groups -OCH3 is 1. The van der Waals surface area contributed by atoms with Gasteiger partial charge in [0, 0.05) is 58.0 Å². The number of hydrogen-bond acceptors (Lipinski definition) is 7. The fraction of sp³-hybridized carbons (Fsp3) is 0.792. The number of carbonyl (C=O) groups is 1. The number of carbonyl (C=O) groups excluding carboxylic acids is 1. The minimum atomic E-state index is -4.51. The van der Waals surface area contributed by atoms with E-state index >= 15 is 0 Å². The average Bonchev–Trinajstić information content (AvgIpc) is 3.29. The number of ether oxygens (including phenoxy) is 2. The van der Waals surface area contributed by atoms with Gasteiger partial charge in [0.25, 0.3) is 0 Å². The zero-order chi connectivity index (χ0) is 25.2. The van der Waals surface area contributed by atoms with E-state index in [4.69, 9.17) is 9.47 Å². The van der Waals surface area contributed by atoms with E-state index in [0.29, 0.717) is 39.4 Å². The summed E-state index contributed by atoms with van der Waals surface area (Å²) in [6.07, 6.45) is -0.137. The third-order valence-electron chi connectivity index (χ3n) is 7.97. The number of anilines is 1. The highest BCUT2D eigenvalue weighted by Gasteiger charge is 2.50. The van der Waals surface area contributed by atoms with Crippen LogP contribution in [0.15, 0.2) is 12.4 Å². The van der Waals surface area contributed by atoms with Crippen molar-refractivity contribution in [2.24, 2.45) is 11.3 Å². The molecule has 1 aliphatic carbocycles. The first-order valence-corrected chi connectivity index (χ1v) is 12.4. The van der Waals surface area contributed by atoms with Gasteiger partial charge in [0.2, 0.25) is 5.91 Å². The molecule has 11 heteroatoms. The van der Waals surface area contributed by atoms with Crippen molar-refractivity contribution >= 4 is 11.7 Å². The molecule has 35 heavy (non-hydrogen) atoms. The van der Waals surface area contributed by atoms with Crippen LogP contribution < -0.4 is 10.2 Å². The maximum absolute atomic E-state index is 13.8. The van der Waals surface area contributed by atoms with E-state index in [-0.39, 0.29) is 35.8 Å². The summed E-state index contributed by atoms with van der Waals surface area (Å²) in [6, 6.07) is 1.43. The third kappa shape index (κ3) is 5.56. The summed E-state index contributed by atoms with van der Waals surface area (Å²) in [5.41, 5.74) is -1.39. The van der Waals surface area contributed by atoms with Crippen LogP contribution in [0.2, 0.25) is 0 Å². The molecule has 3 aliphatic rings. The summed E-state index contributed by atoms with van der Waals surface area (Å²) in [4.78, 5) is 24.9. The Labute approximate surface area is 204 Å². The summed E-state index contributed by atoms with van der Waals surface area (Å²) in [5.74, 6) is 0.585. The summed E-state index contributed by atoms with van der Waals surface area (Å²) in [6.45, 7) is 7.31. The largest absolute Gasteiger partial charge is 0.433 e. The molecule has 0 spiro atoms. The molecular weight excluding hydrogens is 463 g/mol. The molecule has 4 rings (SSSR count). The Hall–Kier alpha value is -1.98. The van der Waals surface area contributed by atoms with E-state index < -0.39 is 17.3 Å². The summed E-state index contributed by atoms with van der Waals surface area (Å²) < 4.78 is 50.2. The van der Waals surface area contributed by atoms with Gasteiger partial charge in [0.1, 0.15) is 17.8 Å². The lowest BCUT2D eigenvalue weighted by Crippen LogP contribution is -2.55. The van der Waals surface area contributed by atoms with Gasteiger partial charge < -0.3 is 24.6 Å². The molecule has 4 atom stereocenters. The topological polar surface area (TPSA) is 79.8 Å². The minimum absolute atomic E-state index is 0.0150. The SMILES string of the molecule is CO[C@@H]1COCCC1N[C@@H]1CC[C@@](C(=O)N2CCN(c3cc(C(F)(F)F)ncn3)CC2)(C(C)C)C1. The minimum Gasteiger partial charge on any atom is -0.379 e. The van der Waals surface area contributed by atoms with Crippen LogP contribution in [0, 0.1) is 11.3 Å².